The molecule has 3 aliphatic rings. The number of nitriles is 1. The van der Waals surface area contributed by atoms with Gasteiger partial charge in [0.25, 0.3) is 5.91 Å². The van der Waals surface area contributed by atoms with E-state index in [1.807, 2.05) is 12.1 Å². The van der Waals surface area contributed by atoms with Crippen molar-refractivity contribution in [3.63, 3.8) is 0 Å². The van der Waals surface area contributed by atoms with Crippen LogP contribution in [0.25, 0.3) is 5.57 Å². The number of ether oxygens (including phenoxy) is 1. The molecule has 0 saturated carbocycles. The summed E-state index contributed by atoms with van der Waals surface area (Å²) < 4.78 is 6.32. The van der Waals surface area contributed by atoms with Crippen LogP contribution in [0.1, 0.15) is 93.2 Å². The highest BCUT2D eigenvalue weighted by Crippen LogP contribution is 2.50. The van der Waals surface area contributed by atoms with Gasteiger partial charge in [-0.1, -0.05) is 38.1 Å². The number of aromatic nitrogens is 2. The Morgan fingerprint density at radius 2 is 1.94 bits per heavy atom. The molecular weight excluding hydrogens is 424 g/mol. The molecular formula is C28H32N4O2. The van der Waals surface area contributed by atoms with Gasteiger partial charge in [-0.3, -0.25) is 4.79 Å². The number of aromatic amines is 1. The Morgan fingerprint density at radius 1 is 1.21 bits per heavy atom. The van der Waals surface area contributed by atoms with Crippen LogP contribution in [0.3, 0.4) is 0 Å². The fraction of sp³-hybridized carbons (Fsp3) is 0.464. The van der Waals surface area contributed by atoms with Crippen LogP contribution in [0.5, 0.6) is 0 Å². The van der Waals surface area contributed by atoms with E-state index >= 15 is 0 Å². The van der Waals surface area contributed by atoms with Crippen molar-refractivity contribution in [2.75, 3.05) is 5.32 Å². The van der Waals surface area contributed by atoms with E-state index in [0.717, 1.165) is 43.4 Å². The maximum absolute atomic E-state index is 12.9. The smallest absolute Gasteiger partial charge is 0.291 e. The number of carbonyl (C=O) groups excluding carboxylic acids is 1. The molecule has 2 aliphatic heterocycles. The van der Waals surface area contributed by atoms with Gasteiger partial charge in [-0.25, -0.2) is 4.98 Å². The maximum atomic E-state index is 12.9. The average molecular weight is 457 g/mol. The number of hydrogen-bond donors (Lipinski definition) is 2. The molecule has 1 saturated heterocycles. The molecule has 0 spiro atoms. The van der Waals surface area contributed by atoms with Gasteiger partial charge in [0.2, 0.25) is 0 Å². The topological polar surface area (TPSA) is 90.8 Å². The molecule has 2 N–H and O–H groups in total. The first kappa shape index (κ1) is 22.6. The Hall–Kier alpha value is -3.17. The van der Waals surface area contributed by atoms with Crippen molar-refractivity contribution < 1.29 is 9.53 Å². The van der Waals surface area contributed by atoms with Crippen molar-refractivity contribution in [3.05, 3.63) is 65.3 Å². The molecule has 5 rings (SSSR count). The minimum absolute atomic E-state index is 0.137. The number of imidazole rings is 1. The van der Waals surface area contributed by atoms with Crippen LogP contribution < -0.4 is 5.32 Å². The van der Waals surface area contributed by atoms with E-state index in [4.69, 9.17) is 10.00 Å². The molecule has 1 fully saturated rings. The number of hydrogen-bond acceptors (Lipinski definition) is 4. The molecule has 2 aromatic rings. The third-order valence-electron chi connectivity index (χ3n) is 7.55. The van der Waals surface area contributed by atoms with E-state index in [0.29, 0.717) is 11.3 Å². The zero-order valence-electron chi connectivity index (χ0n) is 20.4. The summed E-state index contributed by atoms with van der Waals surface area (Å²) in [6, 6.07) is 8.40. The Balaban J connectivity index is 1.48. The third-order valence-corrected chi connectivity index (χ3v) is 7.55. The molecule has 0 radical (unpaired) electrons. The summed E-state index contributed by atoms with van der Waals surface area (Å²) in [4.78, 5) is 19.7. The van der Waals surface area contributed by atoms with Crippen molar-refractivity contribution in [2.24, 2.45) is 5.41 Å². The van der Waals surface area contributed by atoms with Crippen molar-refractivity contribution in [2.45, 2.75) is 76.9 Å². The Morgan fingerprint density at radius 3 is 2.56 bits per heavy atom. The van der Waals surface area contributed by atoms with Gasteiger partial charge in [-0.2, -0.15) is 5.26 Å². The lowest BCUT2D eigenvalue weighted by atomic mass is 9.75. The van der Waals surface area contributed by atoms with E-state index in [2.05, 4.69) is 73.3 Å². The fourth-order valence-electron chi connectivity index (χ4n) is 5.65. The second kappa shape index (κ2) is 7.95. The van der Waals surface area contributed by atoms with Crippen LogP contribution in [0.15, 0.2) is 42.6 Å². The van der Waals surface area contributed by atoms with Gasteiger partial charge in [-0.05, 0) is 80.6 Å². The van der Waals surface area contributed by atoms with Crippen LogP contribution in [0, 0.1) is 16.7 Å². The van der Waals surface area contributed by atoms with Gasteiger partial charge in [0.05, 0.1) is 17.4 Å². The first-order chi connectivity index (χ1) is 16.1. The minimum atomic E-state index is -0.347. The maximum Gasteiger partial charge on any atom is 0.291 e. The monoisotopic (exact) mass is 456 g/mol. The van der Waals surface area contributed by atoms with E-state index in [9.17, 15) is 4.79 Å². The summed E-state index contributed by atoms with van der Waals surface area (Å²) in [5.41, 5.74) is 4.53. The molecule has 1 aromatic heterocycles. The van der Waals surface area contributed by atoms with E-state index in [1.54, 1.807) is 0 Å². The highest BCUT2D eigenvalue weighted by molar-refractivity contribution is 6.03. The molecule has 2 bridgehead atoms. The number of benzene rings is 1. The number of rotatable bonds is 4. The highest BCUT2D eigenvalue weighted by atomic mass is 16.5. The summed E-state index contributed by atoms with van der Waals surface area (Å²) in [5.74, 6) is 0.171. The third kappa shape index (κ3) is 4.33. The van der Waals surface area contributed by atoms with Gasteiger partial charge in [0, 0.05) is 11.3 Å². The number of fused-ring (bicyclic) bond motifs is 2. The second-order valence-corrected chi connectivity index (χ2v) is 11.3. The minimum Gasteiger partial charge on any atom is -0.361 e. The number of H-pyrrole nitrogens is 1. The molecule has 34 heavy (non-hydrogen) atoms. The SMILES string of the molecule is CC1(C)CC=C(c2cc(C3CC4(C)C=C[C@](C)(C3)O4)ccc2NC(=O)c2ncc(C#N)[nH]2)CC1. The largest absolute Gasteiger partial charge is 0.361 e. The Bertz CT molecular complexity index is 1230. The predicted octanol–water partition coefficient (Wildman–Crippen LogP) is 6.11. The van der Waals surface area contributed by atoms with Crippen molar-refractivity contribution >= 4 is 17.2 Å². The second-order valence-electron chi connectivity index (χ2n) is 11.3. The Kier molecular flexibility index (Phi) is 5.29. The average Bonchev–Trinajstić information content (AvgIpc) is 3.35. The van der Waals surface area contributed by atoms with Gasteiger partial charge in [0.15, 0.2) is 5.82 Å². The molecule has 1 amide bonds. The lowest BCUT2D eigenvalue weighted by molar-refractivity contribution is -0.112. The molecule has 2 unspecified atom stereocenters. The van der Waals surface area contributed by atoms with Crippen LogP contribution in [0.2, 0.25) is 0 Å². The van der Waals surface area contributed by atoms with Crippen LogP contribution in [-0.2, 0) is 4.74 Å². The summed E-state index contributed by atoms with van der Waals surface area (Å²) >= 11 is 0. The van der Waals surface area contributed by atoms with Gasteiger partial charge in [0.1, 0.15) is 11.8 Å². The lowest BCUT2D eigenvalue weighted by Crippen LogP contribution is -2.40. The fourth-order valence-corrected chi connectivity index (χ4v) is 5.65. The quantitative estimate of drug-likeness (QED) is 0.543. The van der Waals surface area contributed by atoms with Crippen LogP contribution in [0.4, 0.5) is 5.69 Å². The van der Waals surface area contributed by atoms with E-state index in [1.165, 1.54) is 17.3 Å². The summed E-state index contributed by atoms with van der Waals surface area (Å²) in [6.07, 6.45) is 13.1. The number of allylic oxidation sites excluding steroid dienone is 2. The first-order valence-corrected chi connectivity index (χ1v) is 12.1. The van der Waals surface area contributed by atoms with Crippen LogP contribution in [-0.4, -0.2) is 27.1 Å². The molecule has 1 aromatic carbocycles. The van der Waals surface area contributed by atoms with Crippen molar-refractivity contribution in [1.29, 1.82) is 5.26 Å². The van der Waals surface area contributed by atoms with Gasteiger partial charge >= 0.3 is 0 Å². The van der Waals surface area contributed by atoms with Gasteiger partial charge in [-0.15, -0.1) is 0 Å². The first-order valence-electron chi connectivity index (χ1n) is 12.1. The number of nitrogens with zero attached hydrogens (tertiary/aromatic N) is 2. The van der Waals surface area contributed by atoms with Crippen LogP contribution >= 0.6 is 0 Å². The zero-order chi connectivity index (χ0) is 24.1. The molecule has 176 valence electrons. The molecule has 6 heteroatoms. The molecule has 3 heterocycles. The van der Waals surface area contributed by atoms with Gasteiger partial charge < -0.3 is 15.0 Å². The molecule has 1 aliphatic carbocycles. The van der Waals surface area contributed by atoms with E-state index < -0.39 is 0 Å². The summed E-state index contributed by atoms with van der Waals surface area (Å²) in [7, 11) is 0. The predicted molar refractivity (Wildman–Crippen MR) is 132 cm³/mol. The number of amides is 1. The van der Waals surface area contributed by atoms with Crippen molar-refractivity contribution in [3.8, 4) is 6.07 Å². The Labute approximate surface area is 201 Å². The zero-order valence-corrected chi connectivity index (χ0v) is 20.4. The van der Waals surface area contributed by atoms with E-state index in [-0.39, 0.29) is 28.6 Å². The number of anilines is 1. The number of carbonyl (C=O) groups is 1. The lowest BCUT2D eigenvalue weighted by Gasteiger charge is -2.41. The number of nitrogens with one attached hydrogen (secondary N) is 2. The highest BCUT2D eigenvalue weighted by Gasteiger charge is 2.46. The van der Waals surface area contributed by atoms with Crippen molar-refractivity contribution in [1.82, 2.24) is 9.97 Å². The standard InChI is InChI=1S/C28H32N4O2/c1-26(2)9-7-18(8-10-26)22-13-19(20-14-27(3)11-12-28(4,15-20)34-27)5-6-23(22)32-25(33)24-30-17-21(16-29)31-24/h5-7,11-13,17,20H,8-10,14-15H2,1-4H3,(H,30,31)(H,32,33)/t20?,27-,28?/m1/s1. The summed E-state index contributed by atoms with van der Waals surface area (Å²) in [5, 5.41) is 12.1. The normalized spacial score (nSPS) is 29.4. The molecule has 3 atom stereocenters. The molecule has 6 nitrogen and oxygen atoms in total. The summed E-state index contributed by atoms with van der Waals surface area (Å²) in [6.45, 7) is 8.94.